The number of benzene rings is 1. The van der Waals surface area contributed by atoms with Crippen molar-refractivity contribution >= 4 is 11.3 Å². The van der Waals surface area contributed by atoms with Gasteiger partial charge in [0.05, 0.1) is 17.4 Å². The van der Waals surface area contributed by atoms with Gasteiger partial charge in [-0.25, -0.2) is 4.98 Å². The van der Waals surface area contributed by atoms with E-state index in [1.807, 2.05) is 60.8 Å². The number of hydrogen-bond donors (Lipinski definition) is 3. The van der Waals surface area contributed by atoms with E-state index in [1.165, 1.54) is 0 Å². The van der Waals surface area contributed by atoms with Crippen LogP contribution in [0.2, 0.25) is 0 Å². The van der Waals surface area contributed by atoms with Crippen LogP contribution >= 0.6 is 0 Å². The molecule has 0 spiro atoms. The average molecular weight is 309 g/mol. The van der Waals surface area contributed by atoms with Crippen LogP contribution in [0, 0.1) is 13.8 Å². The fourth-order valence-electron chi connectivity index (χ4n) is 3.30. The molecule has 0 bridgehead atoms. The lowest BCUT2D eigenvalue weighted by Crippen LogP contribution is -2.36. The van der Waals surface area contributed by atoms with Crippen LogP contribution in [0.4, 0.5) is 5.69 Å². The maximum absolute atomic E-state index is 10.6. The SMILES string of the molecule is Cc1nc2c3c(ccn2c1C)C(O)[C@@H](O)[C@@H](c1ccccc1)N3. The van der Waals surface area contributed by atoms with Crippen molar-refractivity contribution in [1.29, 1.82) is 0 Å². The molecule has 2 aromatic heterocycles. The molecule has 0 saturated carbocycles. The quantitative estimate of drug-likeness (QED) is 0.646. The molecule has 3 atom stereocenters. The van der Waals surface area contributed by atoms with E-state index in [2.05, 4.69) is 10.3 Å². The third kappa shape index (κ3) is 2.04. The van der Waals surface area contributed by atoms with Gasteiger partial charge in [-0.1, -0.05) is 30.3 Å². The Bertz CT molecular complexity index is 873. The zero-order chi connectivity index (χ0) is 16.1. The van der Waals surface area contributed by atoms with Crippen LogP contribution in [-0.4, -0.2) is 25.7 Å². The number of nitrogens with zero attached hydrogens (tertiary/aromatic N) is 2. The summed E-state index contributed by atoms with van der Waals surface area (Å²) in [6.07, 6.45) is 0.0347. The van der Waals surface area contributed by atoms with Crippen LogP contribution in [0.5, 0.6) is 0 Å². The minimum absolute atomic E-state index is 0.373. The average Bonchev–Trinajstić information content (AvgIpc) is 2.86. The smallest absolute Gasteiger partial charge is 0.161 e. The summed E-state index contributed by atoms with van der Waals surface area (Å²) in [7, 11) is 0. The maximum atomic E-state index is 10.6. The number of nitrogens with one attached hydrogen (secondary N) is 1. The Labute approximate surface area is 134 Å². The number of aryl methyl sites for hydroxylation is 2. The minimum Gasteiger partial charge on any atom is -0.388 e. The van der Waals surface area contributed by atoms with E-state index in [0.717, 1.165) is 28.3 Å². The topological polar surface area (TPSA) is 69.8 Å². The molecule has 23 heavy (non-hydrogen) atoms. The highest BCUT2D eigenvalue weighted by Crippen LogP contribution is 2.41. The normalized spacial score (nSPS) is 23.6. The van der Waals surface area contributed by atoms with Crippen LogP contribution in [0.15, 0.2) is 42.6 Å². The Morgan fingerprint density at radius 1 is 1.09 bits per heavy atom. The lowest BCUT2D eigenvalue weighted by atomic mass is 9.89. The molecule has 5 heteroatoms. The van der Waals surface area contributed by atoms with Crippen molar-refractivity contribution in [3.8, 4) is 0 Å². The van der Waals surface area contributed by atoms with Crippen molar-refractivity contribution in [3.05, 3.63) is 65.1 Å². The molecular formula is C18H19N3O2. The Balaban J connectivity index is 1.90. The lowest BCUT2D eigenvalue weighted by Gasteiger charge is -2.35. The molecule has 0 radical (unpaired) electrons. The van der Waals surface area contributed by atoms with Crippen LogP contribution < -0.4 is 5.32 Å². The largest absolute Gasteiger partial charge is 0.388 e. The first kappa shape index (κ1) is 14.2. The summed E-state index contributed by atoms with van der Waals surface area (Å²) in [6, 6.07) is 11.1. The Morgan fingerprint density at radius 3 is 2.57 bits per heavy atom. The molecule has 118 valence electrons. The Kier molecular flexibility index (Phi) is 3.14. The molecule has 1 unspecified atom stereocenters. The standard InChI is InChI=1S/C18H19N3O2/c1-10-11(2)21-9-8-13-15(18(21)19-10)20-14(17(23)16(13)22)12-6-4-3-5-7-12/h3-9,14,16-17,20,22-23H,1-2H3/t14-,16?,17+/m1/s1. The predicted molar refractivity (Wildman–Crippen MR) is 88.4 cm³/mol. The van der Waals surface area contributed by atoms with Crippen molar-refractivity contribution in [2.75, 3.05) is 5.32 Å². The second-order valence-corrected chi connectivity index (χ2v) is 6.09. The molecule has 0 amide bonds. The van der Waals surface area contributed by atoms with Gasteiger partial charge in [0.2, 0.25) is 0 Å². The van der Waals surface area contributed by atoms with Gasteiger partial charge in [-0.2, -0.15) is 0 Å². The highest BCUT2D eigenvalue weighted by atomic mass is 16.3. The van der Waals surface area contributed by atoms with Gasteiger partial charge in [0, 0.05) is 17.5 Å². The number of aliphatic hydroxyl groups is 2. The molecule has 3 aromatic rings. The van der Waals surface area contributed by atoms with E-state index in [4.69, 9.17) is 0 Å². The molecule has 1 aromatic carbocycles. The lowest BCUT2D eigenvalue weighted by molar-refractivity contribution is 0.00198. The van der Waals surface area contributed by atoms with Gasteiger partial charge < -0.3 is 19.9 Å². The molecular weight excluding hydrogens is 290 g/mol. The van der Waals surface area contributed by atoms with E-state index < -0.39 is 12.2 Å². The summed E-state index contributed by atoms with van der Waals surface area (Å²) in [5.41, 5.74) is 5.21. The summed E-state index contributed by atoms with van der Waals surface area (Å²) in [4.78, 5) is 4.62. The third-order valence-electron chi connectivity index (χ3n) is 4.74. The van der Waals surface area contributed by atoms with Gasteiger partial charge in [0.25, 0.3) is 0 Å². The molecule has 5 nitrogen and oxygen atoms in total. The van der Waals surface area contributed by atoms with E-state index in [9.17, 15) is 10.2 Å². The highest BCUT2D eigenvalue weighted by molar-refractivity contribution is 5.75. The fourth-order valence-corrected chi connectivity index (χ4v) is 3.30. The van der Waals surface area contributed by atoms with Gasteiger partial charge in [-0.15, -0.1) is 0 Å². The molecule has 0 aliphatic carbocycles. The first-order valence-corrected chi connectivity index (χ1v) is 7.73. The summed E-state index contributed by atoms with van der Waals surface area (Å²) in [6.45, 7) is 3.99. The fraction of sp³-hybridized carbons (Fsp3) is 0.278. The van der Waals surface area contributed by atoms with Crippen molar-refractivity contribution in [2.45, 2.75) is 32.1 Å². The van der Waals surface area contributed by atoms with Gasteiger partial charge >= 0.3 is 0 Å². The third-order valence-corrected chi connectivity index (χ3v) is 4.74. The van der Waals surface area contributed by atoms with E-state index in [1.54, 1.807) is 0 Å². The number of aromatic nitrogens is 2. The zero-order valence-electron chi connectivity index (χ0n) is 13.1. The summed E-state index contributed by atoms with van der Waals surface area (Å²) < 4.78 is 2.01. The number of anilines is 1. The van der Waals surface area contributed by atoms with E-state index in [0.29, 0.717) is 5.56 Å². The van der Waals surface area contributed by atoms with Gasteiger partial charge in [0.1, 0.15) is 12.2 Å². The Morgan fingerprint density at radius 2 is 1.83 bits per heavy atom. The summed E-state index contributed by atoms with van der Waals surface area (Å²) in [5, 5.41) is 24.5. The van der Waals surface area contributed by atoms with Crippen LogP contribution in [-0.2, 0) is 0 Å². The van der Waals surface area contributed by atoms with Gasteiger partial charge in [-0.05, 0) is 25.5 Å². The summed E-state index contributed by atoms with van der Waals surface area (Å²) in [5.74, 6) is 0. The highest BCUT2D eigenvalue weighted by Gasteiger charge is 2.36. The van der Waals surface area contributed by atoms with Gasteiger partial charge in [0.15, 0.2) is 5.65 Å². The number of hydrogen-bond acceptors (Lipinski definition) is 4. The van der Waals surface area contributed by atoms with Crippen molar-refractivity contribution in [1.82, 2.24) is 9.38 Å². The van der Waals surface area contributed by atoms with Crippen molar-refractivity contribution in [2.24, 2.45) is 0 Å². The van der Waals surface area contributed by atoms with Crippen LogP contribution in [0.1, 0.15) is 34.7 Å². The zero-order valence-corrected chi connectivity index (χ0v) is 13.1. The molecule has 0 saturated heterocycles. The van der Waals surface area contributed by atoms with Gasteiger partial charge in [-0.3, -0.25) is 0 Å². The number of pyridine rings is 1. The molecule has 1 aliphatic heterocycles. The number of fused-ring (bicyclic) bond motifs is 3. The molecule has 0 fully saturated rings. The first-order valence-electron chi connectivity index (χ1n) is 7.73. The molecule has 1 aliphatic rings. The van der Waals surface area contributed by atoms with Crippen LogP contribution in [0.3, 0.4) is 0 Å². The Hall–Kier alpha value is -2.37. The second-order valence-electron chi connectivity index (χ2n) is 6.09. The molecule has 4 rings (SSSR count). The number of rotatable bonds is 1. The molecule has 3 heterocycles. The van der Waals surface area contributed by atoms with E-state index in [-0.39, 0.29) is 6.04 Å². The van der Waals surface area contributed by atoms with Crippen LogP contribution in [0.25, 0.3) is 5.65 Å². The first-order chi connectivity index (χ1) is 11.1. The monoisotopic (exact) mass is 309 g/mol. The summed E-state index contributed by atoms with van der Waals surface area (Å²) >= 11 is 0. The number of imidazole rings is 1. The predicted octanol–water partition coefficient (Wildman–Crippen LogP) is 2.51. The van der Waals surface area contributed by atoms with Crippen molar-refractivity contribution < 1.29 is 10.2 Å². The molecule has 3 N–H and O–H groups in total. The second kappa shape index (κ2) is 5.08. The maximum Gasteiger partial charge on any atom is 0.161 e. The van der Waals surface area contributed by atoms with Crippen molar-refractivity contribution in [3.63, 3.8) is 0 Å². The minimum atomic E-state index is -0.946. The van der Waals surface area contributed by atoms with E-state index >= 15 is 0 Å². The number of aliphatic hydroxyl groups excluding tert-OH is 2.